The number of hydrogen-bond acceptors (Lipinski definition) is 4. The van der Waals surface area contributed by atoms with Crippen molar-refractivity contribution >= 4 is 41.5 Å². The summed E-state index contributed by atoms with van der Waals surface area (Å²) in [5.74, 6) is 1.61. The van der Waals surface area contributed by atoms with Gasteiger partial charge in [0, 0.05) is 45.3 Å². The topological polar surface area (TPSA) is 69.2 Å². The van der Waals surface area contributed by atoms with Crippen LogP contribution in [0, 0.1) is 0 Å². The molecule has 4 rings (SSSR count). The average Bonchev–Trinajstić information content (AvgIpc) is 2.87. The smallest absolute Gasteiger partial charge is 0.265 e. The van der Waals surface area contributed by atoms with Crippen LogP contribution in [0.15, 0.2) is 59.6 Å². The number of likely N-dealkylation sites (tertiary alicyclic amines) is 1. The number of amides is 1. The monoisotopic (exact) mass is 577 g/mol. The first-order valence-electron chi connectivity index (χ1n) is 11.9. The lowest BCUT2D eigenvalue weighted by Gasteiger charge is -2.37. The molecule has 0 saturated carbocycles. The summed E-state index contributed by atoms with van der Waals surface area (Å²) < 4.78 is 5.52. The molecule has 0 aromatic heterocycles. The summed E-state index contributed by atoms with van der Waals surface area (Å²) in [5.41, 5.74) is 2.23. The number of nitrogens with zero attached hydrogens (tertiary/aromatic N) is 3. The molecule has 2 N–H and O–H groups in total. The summed E-state index contributed by atoms with van der Waals surface area (Å²) in [4.78, 5) is 21.1. The van der Waals surface area contributed by atoms with E-state index in [0.717, 1.165) is 56.3 Å². The summed E-state index contributed by atoms with van der Waals surface area (Å²) >= 11 is 0. The fourth-order valence-corrected chi connectivity index (χ4v) is 4.60. The van der Waals surface area contributed by atoms with Crippen molar-refractivity contribution in [1.29, 1.82) is 0 Å². The number of ether oxygens (including phenoxy) is 1. The van der Waals surface area contributed by atoms with Crippen LogP contribution in [0.1, 0.15) is 37.8 Å². The molecule has 1 fully saturated rings. The number of benzene rings is 2. The fraction of sp³-hybridized carbons (Fsp3) is 0.462. The quantitative estimate of drug-likeness (QED) is 0.227. The SMILES string of the molecule is CN=C(NCCCN1C(=O)COc2ccccc21)NC1CCN(C(C)c2ccccc2)CC1.I. The highest BCUT2D eigenvalue weighted by atomic mass is 127. The van der Waals surface area contributed by atoms with Crippen LogP contribution in [-0.2, 0) is 4.79 Å². The highest BCUT2D eigenvalue weighted by Crippen LogP contribution is 2.31. The first-order chi connectivity index (χ1) is 16.2. The Morgan fingerprint density at radius 2 is 1.82 bits per heavy atom. The second kappa shape index (κ2) is 12.9. The van der Waals surface area contributed by atoms with E-state index in [2.05, 4.69) is 57.8 Å². The molecule has 7 nitrogen and oxygen atoms in total. The number of guanidine groups is 1. The molecule has 2 aliphatic rings. The van der Waals surface area contributed by atoms with Gasteiger partial charge in [0.05, 0.1) is 5.69 Å². The Kier molecular flexibility index (Phi) is 10.0. The van der Waals surface area contributed by atoms with Crippen molar-refractivity contribution < 1.29 is 9.53 Å². The van der Waals surface area contributed by atoms with E-state index in [1.165, 1.54) is 5.56 Å². The number of carbonyl (C=O) groups is 1. The Labute approximate surface area is 220 Å². The number of aliphatic imine (C=N–C) groups is 1. The minimum atomic E-state index is 0. The van der Waals surface area contributed by atoms with Gasteiger partial charge in [-0.2, -0.15) is 0 Å². The minimum Gasteiger partial charge on any atom is -0.482 e. The lowest BCUT2D eigenvalue weighted by molar-refractivity contribution is -0.121. The number of fused-ring (bicyclic) bond motifs is 1. The molecular weight excluding hydrogens is 541 g/mol. The van der Waals surface area contributed by atoms with Gasteiger partial charge in [-0.25, -0.2) is 0 Å². The standard InChI is InChI=1S/C26H35N5O2.HI/c1-20(21-9-4-3-5-10-21)30-17-13-22(14-18-30)29-26(27-2)28-15-8-16-31-23-11-6-7-12-24(23)33-19-25(31)32;/h3-7,9-12,20,22H,8,13-19H2,1-2H3,(H2,27,28,29);1H. The third kappa shape index (κ3) is 6.63. The van der Waals surface area contributed by atoms with Crippen molar-refractivity contribution in [3.05, 3.63) is 60.2 Å². The van der Waals surface area contributed by atoms with Crippen LogP contribution in [0.25, 0.3) is 0 Å². The van der Waals surface area contributed by atoms with Crippen molar-refractivity contribution in [1.82, 2.24) is 15.5 Å². The average molecular weight is 578 g/mol. The van der Waals surface area contributed by atoms with Gasteiger partial charge >= 0.3 is 0 Å². The summed E-state index contributed by atoms with van der Waals surface area (Å²) in [6.45, 7) is 5.94. The number of piperidine rings is 1. The molecule has 0 radical (unpaired) electrons. The van der Waals surface area contributed by atoms with Gasteiger partial charge in [-0.3, -0.25) is 14.7 Å². The largest absolute Gasteiger partial charge is 0.482 e. The number of anilines is 1. The van der Waals surface area contributed by atoms with Crippen LogP contribution < -0.4 is 20.3 Å². The predicted molar refractivity (Wildman–Crippen MR) is 148 cm³/mol. The van der Waals surface area contributed by atoms with E-state index in [1.807, 2.05) is 36.2 Å². The van der Waals surface area contributed by atoms with Crippen LogP contribution in [0.3, 0.4) is 0 Å². The zero-order valence-corrected chi connectivity index (χ0v) is 22.4. The van der Waals surface area contributed by atoms with E-state index in [9.17, 15) is 4.79 Å². The lowest BCUT2D eigenvalue weighted by atomic mass is 10.0. The highest BCUT2D eigenvalue weighted by Gasteiger charge is 2.25. The first-order valence-corrected chi connectivity index (χ1v) is 11.9. The molecule has 34 heavy (non-hydrogen) atoms. The molecule has 1 unspecified atom stereocenters. The molecule has 0 spiro atoms. The molecule has 0 bridgehead atoms. The molecule has 2 aliphatic heterocycles. The summed E-state index contributed by atoms with van der Waals surface area (Å²) in [6.07, 6.45) is 3.02. The zero-order valence-electron chi connectivity index (χ0n) is 20.1. The Hall–Kier alpha value is -2.33. The van der Waals surface area contributed by atoms with Gasteiger partial charge in [0.25, 0.3) is 5.91 Å². The maximum absolute atomic E-state index is 12.3. The maximum atomic E-state index is 12.3. The van der Waals surface area contributed by atoms with Gasteiger partial charge in [0.15, 0.2) is 12.6 Å². The molecule has 2 aromatic carbocycles. The Balaban J connectivity index is 0.00000324. The van der Waals surface area contributed by atoms with Crippen LogP contribution in [0.2, 0.25) is 0 Å². The number of nitrogens with one attached hydrogen (secondary N) is 2. The van der Waals surface area contributed by atoms with Crippen LogP contribution in [0.4, 0.5) is 5.69 Å². The lowest BCUT2D eigenvalue weighted by Crippen LogP contribution is -2.49. The van der Waals surface area contributed by atoms with Gasteiger partial charge in [-0.1, -0.05) is 42.5 Å². The zero-order chi connectivity index (χ0) is 23.0. The van der Waals surface area contributed by atoms with Crippen LogP contribution in [-0.4, -0.2) is 62.6 Å². The summed E-state index contributed by atoms with van der Waals surface area (Å²) in [5, 5.41) is 6.99. The maximum Gasteiger partial charge on any atom is 0.265 e. The molecular formula is C26H36IN5O2. The van der Waals surface area contributed by atoms with Gasteiger partial charge in [0.1, 0.15) is 5.75 Å². The number of hydrogen-bond donors (Lipinski definition) is 2. The van der Waals surface area contributed by atoms with Gasteiger partial charge in [0.2, 0.25) is 0 Å². The minimum absolute atomic E-state index is 0. The number of carbonyl (C=O) groups excluding carboxylic acids is 1. The van der Waals surface area contributed by atoms with E-state index in [-0.39, 0.29) is 36.5 Å². The molecule has 2 heterocycles. The van der Waals surface area contributed by atoms with Crippen molar-refractivity contribution in [3.63, 3.8) is 0 Å². The Bertz CT molecular complexity index is 947. The molecule has 1 amide bonds. The third-order valence-electron chi connectivity index (χ3n) is 6.58. The Morgan fingerprint density at radius 1 is 1.12 bits per heavy atom. The molecule has 1 atom stereocenters. The highest BCUT2D eigenvalue weighted by molar-refractivity contribution is 14.0. The van der Waals surface area contributed by atoms with E-state index in [1.54, 1.807) is 0 Å². The predicted octanol–water partition coefficient (Wildman–Crippen LogP) is 3.81. The normalized spacial score (nSPS) is 17.9. The van der Waals surface area contributed by atoms with Crippen LogP contribution >= 0.6 is 24.0 Å². The Morgan fingerprint density at radius 3 is 2.56 bits per heavy atom. The molecule has 1 saturated heterocycles. The van der Waals surface area contributed by atoms with E-state index in [0.29, 0.717) is 18.6 Å². The van der Waals surface area contributed by atoms with Crippen molar-refractivity contribution in [3.8, 4) is 5.75 Å². The molecule has 8 heteroatoms. The van der Waals surface area contributed by atoms with Gasteiger partial charge in [-0.05, 0) is 43.9 Å². The van der Waals surface area contributed by atoms with Gasteiger partial charge < -0.3 is 20.3 Å². The summed E-state index contributed by atoms with van der Waals surface area (Å²) in [7, 11) is 1.81. The van der Waals surface area contributed by atoms with Crippen molar-refractivity contribution in [2.24, 2.45) is 4.99 Å². The molecule has 184 valence electrons. The summed E-state index contributed by atoms with van der Waals surface area (Å²) in [6, 6.07) is 19.3. The van der Waals surface area contributed by atoms with E-state index >= 15 is 0 Å². The van der Waals surface area contributed by atoms with E-state index in [4.69, 9.17) is 4.74 Å². The van der Waals surface area contributed by atoms with Crippen molar-refractivity contribution in [2.75, 3.05) is 44.7 Å². The second-order valence-electron chi connectivity index (χ2n) is 8.70. The number of para-hydroxylation sites is 2. The van der Waals surface area contributed by atoms with Gasteiger partial charge in [-0.15, -0.1) is 24.0 Å². The third-order valence-corrected chi connectivity index (χ3v) is 6.58. The first kappa shape index (κ1) is 26.3. The number of rotatable bonds is 7. The van der Waals surface area contributed by atoms with E-state index < -0.39 is 0 Å². The molecule has 0 aliphatic carbocycles. The fourth-order valence-electron chi connectivity index (χ4n) is 4.60. The van der Waals surface area contributed by atoms with Crippen LogP contribution in [0.5, 0.6) is 5.75 Å². The second-order valence-corrected chi connectivity index (χ2v) is 8.70. The van der Waals surface area contributed by atoms with Crippen molar-refractivity contribution in [2.45, 2.75) is 38.3 Å². The number of halogens is 1. The molecule has 2 aromatic rings.